The Balaban J connectivity index is 1.63. The summed E-state index contributed by atoms with van der Waals surface area (Å²) in [6, 6.07) is 7.61. The fourth-order valence-corrected chi connectivity index (χ4v) is 4.67. The first kappa shape index (κ1) is 15.5. The molecule has 0 aliphatic carbocycles. The van der Waals surface area contributed by atoms with E-state index in [0.29, 0.717) is 24.7 Å². The van der Waals surface area contributed by atoms with Crippen molar-refractivity contribution in [3.05, 3.63) is 47.0 Å². The number of rotatable bonds is 5. The summed E-state index contributed by atoms with van der Waals surface area (Å²) in [6.45, 7) is 2.86. The number of ether oxygens (including phenoxy) is 1. The van der Waals surface area contributed by atoms with Crippen molar-refractivity contribution in [1.29, 1.82) is 0 Å². The van der Waals surface area contributed by atoms with Gasteiger partial charge >= 0.3 is 0 Å². The molecule has 118 valence electrons. The summed E-state index contributed by atoms with van der Waals surface area (Å²) in [7, 11) is -3.31. The second-order valence-electron chi connectivity index (χ2n) is 5.43. The fourth-order valence-electron chi connectivity index (χ4n) is 2.56. The van der Waals surface area contributed by atoms with Crippen molar-refractivity contribution in [3.63, 3.8) is 0 Å². The van der Waals surface area contributed by atoms with Gasteiger partial charge in [0.15, 0.2) is 0 Å². The van der Waals surface area contributed by atoms with E-state index in [9.17, 15) is 8.42 Å². The number of hydrogen-bond donors (Lipinski definition) is 0. The van der Waals surface area contributed by atoms with Crippen molar-refractivity contribution >= 4 is 21.4 Å². The maximum absolute atomic E-state index is 12.5. The summed E-state index contributed by atoms with van der Waals surface area (Å²) in [5.41, 5.74) is 1.89. The Labute approximate surface area is 134 Å². The van der Waals surface area contributed by atoms with Gasteiger partial charge in [-0.15, -0.1) is 0 Å². The van der Waals surface area contributed by atoms with E-state index in [2.05, 4.69) is 4.98 Å². The number of thiazole rings is 1. The Morgan fingerprint density at radius 2 is 2.32 bits per heavy atom. The van der Waals surface area contributed by atoms with Gasteiger partial charge in [0.05, 0.1) is 12.3 Å². The number of aromatic nitrogens is 1. The minimum absolute atomic E-state index is 0.0403. The summed E-state index contributed by atoms with van der Waals surface area (Å²) in [4.78, 5) is 4.07. The highest BCUT2D eigenvalue weighted by Gasteiger charge is 2.32. The highest BCUT2D eigenvalue weighted by atomic mass is 32.2. The van der Waals surface area contributed by atoms with Gasteiger partial charge in [-0.2, -0.15) is 4.31 Å². The van der Waals surface area contributed by atoms with E-state index in [4.69, 9.17) is 4.74 Å². The van der Waals surface area contributed by atoms with Crippen LogP contribution >= 0.6 is 11.3 Å². The van der Waals surface area contributed by atoms with Gasteiger partial charge in [-0.3, -0.25) is 0 Å². The second kappa shape index (κ2) is 6.36. The van der Waals surface area contributed by atoms with E-state index in [1.54, 1.807) is 6.20 Å². The Hall–Kier alpha value is -1.44. The molecule has 0 saturated carbocycles. The van der Waals surface area contributed by atoms with Crippen molar-refractivity contribution in [3.8, 4) is 5.19 Å². The molecule has 2 heterocycles. The number of sulfonamides is 1. The van der Waals surface area contributed by atoms with Gasteiger partial charge < -0.3 is 4.74 Å². The molecule has 1 atom stereocenters. The average molecular weight is 338 g/mol. The maximum atomic E-state index is 12.5. The van der Waals surface area contributed by atoms with Crippen molar-refractivity contribution in [2.24, 2.45) is 0 Å². The molecule has 0 amide bonds. The van der Waals surface area contributed by atoms with Gasteiger partial charge in [-0.25, -0.2) is 13.4 Å². The predicted molar refractivity (Wildman–Crippen MR) is 86.5 cm³/mol. The summed E-state index contributed by atoms with van der Waals surface area (Å²) in [5, 5.41) is 2.44. The largest absolute Gasteiger partial charge is 0.465 e. The lowest BCUT2D eigenvalue weighted by Crippen LogP contribution is -2.32. The molecule has 0 radical (unpaired) electrons. The van der Waals surface area contributed by atoms with Gasteiger partial charge in [0.1, 0.15) is 6.10 Å². The van der Waals surface area contributed by atoms with Crippen molar-refractivity contribution < 1.29 is 13.2 Å². The molecular formula is C15H18N2O3S2. The first-order chi connectivity index (χ1) is 10.5. The maximum Gasteiger partial charge on any atom is 0.273 e. The number of benzene rings is 1. The number of aryl methyl sites for hydroxylation is 1. The van der Waals surface area contributed by atoms with Crippen LogP contribution in [0.25, 0.3) is 0 Å². The zero-order valence-electron chi connectivity index (χ0n) is 12.3. The van der Waals surface area contributed by atoms with Crippen LogP contribution in [-0.4, -0.2) is 36.9 Å². The van der Waals surface area contributed by atoms with Crippen LogP contribution in [0.15, 0.2) is 35.8 Å². The Morgan fingerprint density at radius 1 is 1.45 bits per heavy atom. The molecule has 0 unspecified atom stereocenters. The topological polar surface area (TPSA) is 59.5 Å². The molecule has 1 aliphatic rings. The lowest BCUT2D eigenvalue weighted by Gasteiger charge is -2.16. The third-order valence-electron chi connectivity index (χ3n) is 3.61. The van der Waals surface area contributed by atoms with Crippen molar-refractivity contribution in [1.82, 2.24) is 9.29 Å². The van der Waals surface area contributed by atoms with Gasteiger partial charge in [0, 0.05) is 18.1 Å². The average Bonchev–Trinajstić information content (AvgIpc) is 3.10. The molecule has 0 N–H and O–H groups in total. The molecule has 1 fully saturated rings. The SMILES string of the molecule is Cc1cccc(CS(=O)(=O)N2CC[C@@H](Oc3nccs3)C2)c1. The third-order valence-corrected chi connectivity index (χ3v) is 6.09. The quantitative estimate of drug-likeness (QED) is 0.840. The highest BCUT2D eigenvalue weighted by Crippen LogP contribution is 2.23. The highest BCUT2D eigenvalue weighted by molar-refractivity contribution is 7.88. The van der Waals surface area contributed by atoms with Crippen LogP contribution in [0.1, 0.15) is 17.5 Å². The molecular weight excluding hydrogens is 320 g/mol. The van der Waals surface area contributed by atoms with Gasteiger partial charge in [0.25, 0.3) is 5.19 Å². The molecule has 0 bridgehead atoms. The molecule has 5 nitrogen and oxygen atoms in total. The minimum atomic E-state index is -3.31. The molecule has 2 aromatic rings. The molecule has 1 aliphatic heterocycles. The van der Waals surface area contributed by atoms with E-state index in [-0.39, 0.29) is 11.9 Å². The van der Waals surface area contributed by atoms with Gasteiger partial charge in [-0.05, 0) is 18.9 Å². The molecule has 1 aromatic carbocycles. The first-order valence-corrected chi connectivity index (χ1v) is 9.61. The van der Waals surface area contributed by atoms with Crippen LogP contribution in [0.5, 0.6) is 5.19 Å². The third kappa shape index (κ3) is 3.66. The Kier molecular flexibility index (Phi) is 4.46. The zero-order chi connectivity index (χ0) is 15.6. The predicted octanol–water partition coefficient (Wildman–Crippen LogP) is 2.43. The van der Waals surface area contributed by atoms with Crippen molar-refractivity contribution in [2.75, 3.05) is 13.1 Å². The Morgan fingerprint density at radius 3 is 3.05 bits per heavy atom. The molecule has 22 heavy (non-hydrogen) atoms. The smallest absolute Gasteiger partial charge is 0.273 e. The van der Waals surface area contributed by atoms with Crippen molar-refractivity contribution in [2.45, 2.75) is 25.2 Å². The Bertz CT molecular complexity index is 729. The second-order valence-corrected chi connectivity index (χ2v) is 8.26. The number of nitrogens with zero attached hydrogens (tertiary/aromatic N) is 2. The van der Waals surface area contributed by atoms with Crippen LogP contribution < -0.4 is 4.74 Å². The van der Waals surface area contributed by atoms with E-state index in [0.717, 1.165) is 11.1 Å². The van der Waals surface area contributed by atoms with E-state index in [1.165, 1.54) is 15.6 Å². The van der Waals surface area contributed by atoms with Crippen LogP contribution in [-0.2, 0) is 15.8 Å². The summed E-state index contributed by atoms with van der Waals surface area (Å²) < 4.78 is 32.3. The lowest BCUT2D eigenvalue weighted by molar-refractivity contribution is 0.214. The summed E-state index contributed by atoms with van der Waals surface area (Å²) >= 11 is 1.42. The minimum Gasteiger partial charge on any atom is -0.465 e. The van der Waals surface area contributed by atoms with Gasteiger partial charge in [0.2, 0.25) is 10.0 Å². The molecule has 1 aromatic heterocycles. The standard InChI is InChI=1S/C15H18N2O3S2/c1-12-3-2-4-13(9-12)11-22(18,19)17-7-5-14(10-17)20-15-16-6-8-21-15/h2-4,6,8-9,14H,5,7,10-11H2,1H3/t14-/m1/s1. The molecule has 7 heteroatoms. The van der Waals surface area contributed by atoms with Crippen LogP contribution in [0.2, 0.25) is 0 Å². The summed E-state index contributed by atoms with van der Waals surface area (Å²) in [5.74, 6) is 0.0403. The lowest BCUT2D eigenvalue weighted by atomic mass is 10.2. The zero-order valence-corrected chi connectivity index (χ0v) is 13.9. The molecule has 3 rings (SSSR count). The van der Waals surface area contributed by atoms with E-state index < -0.39 is 10.0 Å². The number of hydrogen-bond acceptors (Lipinski definition) is 5. The van der Waals surface area contributed by atoms with E-state index >= 15 is 0 Å². The van der Waals surface area contributed by atoms with Crippen LogP contribution in [0.3, 0.4) is 0 Å². The normalized spacial score (nSPS) is 19.4. The fraction of sp³-hybridized carbons (Fsp3) is 0.400. The first-order valence-electron chi connectivity index (χ1n) is 7.12. The summed E-state index contributed by atoms with van der Waals surface area (Å²) in [6.07, 6.45) is 2.27. The monoisotopic (exact) mass is 338 g/mol. The molecule has 0 spiro atoms. The molecule has 1 saturated heterocycles. The van der Waals surface area contributed by atoms with Crippen LogP contribution in [0, 0.1) is 6.92 Å². The van der Waals surface area contributed by atoms with E-state index in [1.807, 2.05) is 36.6 Å². The van der Waals surface area contributed by atoms with Gasteiger partial charge in [-0.1, -0.05) is 41.2 Å². The van der Waals surface area contributed by atoms with Crippen LogP contribution in [0.4, 0.5) is 0 Å².